The first kappa shape index (κ1) is 16.6. The number of likely N-dealkylation sites (tertiary alicyclic amines) is 2. The van der Waals surface area contributed by atoms with Gasteiger partial charge < -0.3 is 15.1 Å². The number of piperidine rings is 1. The van der Waals surface area contributed by atoms with E-state index in [0.29, 0.717) is 19.0 Å². The molecule has 3 heterocycles. The second-order valence-electron chi connectivity index (χ2n) is 7.56. The lowest BCUT2D eigenvalue weighted by Gasteiger charge is -2.36. The minimum atomic E-state index is -0.0618. The minimum absolute atomic E-state index is 0.0618. The maximum absolute atomic E-state index is 12.6. The lowest BCUT2D eigenvalue weighted by Crippen LogP contribution is -2.53. The van der Waals surface area contributed by atoms with Crippen molar-refractivity contribution in [2.75, 3.05) is 19.6 Å². The number of amides is 2. The lowest BCUT2D eigenvalue weighted by atomic mass is 9.92. The van der Waals surface area contributed by atoms with Crippen molar-refractivity contribution in [2.24, 2.45) is 0 Å². The summed E-state index contributed by atoms with van der Waals surface area (Å²) < 4.78 is 0. The first-order valence-corrected chi connectivity index (χ1v) is 9.53. The number of hydrogen-bond donors (Lipinski definition) is 2. The van der Waals surface area contributed by atoms with Gasteiger partial charge in [0, 0.05) is 43.6 Å². The van der Waals surface area contributed by atoms with Crippen molar-refractivity contribution in [1.82, 2.24) is 25.3 Å². The minimum Gasteiger partial charge on any atom is -0.341 e. The molecule has 136 valence electrons. The number of nitrogens with zero attached hydrogens (tertiary/aromatic N) is 3. The maximum atomic E-state index is 12.6. The molecular formula is C18H27N5O2. The molecule has 1 aromatic rings. The Bertz CT molecular complexity index is 613. The van der Waals surface area contributed by atoms with Crippen molar-refractivity contribution in [1.29, 1.82) is 0 Å². The number of aromatic amines is 1. The van der Waals surface area contributed by atoms with Gasteiger partial charge in [0.25, 0.3) is 0 Å². The van der Waals surface area contributed by atoms with Crippen LogP contribution in [-0.4, -0.2) is 69.6 Å². The highest BCUT2D eigenvalue weighted by Gasteiger charge is 2.39. The van der Waals surface area contributed by atoms with E-state index < -0.39 is 0 Å². The number of H-pyrrole nitrogens is 1. The molecule has 1 saturated carbocycles. The molecule has 2 amide bonds. The van der Waals surface area contributed by atoms with Gasteiger partial charge in [-0.15, -0.1) is 0 Å². The highest BCUT2D eigenvalue weighted by molar-refractivity contribution is 5.84. The summed E-state index contributed by atoms with van der Waals surface area (Å²) in [6, 6.07) is 2.48. The molecule has 2 atom stereocenters. The van der Waals surface area contributed by atoms with E-state index in [0.717, 1.165) is 50.9 Å². The number of carbonyl (C=O) groups is 2. The number of carbonyl (C=O) groups excluding carboxylic acids is 2. The second-order valence-corrected chi connectivity index (χ2v) is 7.56. The quantitative estimate of drug-likeness (QED) is 0.823. The van der Waals surface area contributed by atoms with E-state index >= 15 is 0 Å². The zero-order valence-corrected chi connectivity index (χ0v) is 14.6. The number of rotatable bonds is 5. The van der Waals surface area contributed by atoms with Gasteiger partial charge in [-0.1, -0.05) is 0 Å². The summed E-state index contributed by atoms with van der Waals surface area (Å²) in [6.07, 6.45) is 8.53. The largest absolute Gasteiger partial charge is 0.341 e. The van der Waals surface area contributed by atoms with E-state index in [1.807, 2.05) is 11.0 Å². The van der Waals surface area contributed by atoms with Crippen molar-refractivity contribution < 1.29 is 9.59 Å². The van der Waals surface area contributed by atoms with E-state index in [1.165, 1.54) is 6.42 Å². The molecule has 1 aromatic heterocycles. The van der Waals surface area contributed by atoms with Crippen LogP contribution in [0.4, 0.5) is 0 Å². The number of nitrogens with one attached hydrogen (secondary N) is 2. The summed E-state index contributed by atoms with van der Waals surface area (Å²) in [5, 5.41) is 10.3. The van der Waals surface area contributed by atoms with E-state index in [9.17, 15) is 9.59 Å². The van der Waals surface area contributed by atoms with Crippen molar-refractivity contribution in [3.05, 3.63) is 18.0 Å². The Labute approximate surface area is 148 Å². The Balaban J connectivity index is 1.29. The van der Waals surface area contributed by atoms with Crippen LogP contribution in [0.3, 0.4) is 0 Å². The van der Waals surface area contributed by atoms with Gasteiger partial charge in [0.05, 0.1) is 12.5 Å². The smallest absolute Gasteiger partial charge is 0.240 e. The van der Waals surface area contributed by atoms with Gasteiger partial charge in [-0.3, -0.25) is 14.7 Å². The molecule has 4 rings (SSSR count). The fourth-order valence-corrected chi connectivity index (χ4v) is 4.20. The summed E-state index contributed by atoms with van der Waals surface area (Å²) in [6.45, 7) is 2.38. The summed E-state index contributed by atoms with van der Waals surface area (Å²) in [5.74, 6) is 0.398. The fraction of sp³-hybridized carbons (Fsp3) is 0.722. The molecule has 3 aliphatic rings. The van der Waals surface area contributed by atoms with Crippen molar-refractivity contribution in [3.8, 4) is 0 Å². The molecule has 0 aromatic carbocycles. The Morgan fingerprint density at radius 2 is 2.12 bits per heavy atom. The summed E-state index contributed by atoms with van der Waals surface area (Å²) in [4.78, 5) is 29.1. The van der Waals surface area contributed by atoms with Crippen molar-refractivity contribution in [2.45, 2.75) is 63.1 Å². The Morgan fingerprint density at radius 3 is 2.84 bits per heavy atom. The summed E-state index contributed by atoms with van der Waals surface area (Å²) in [7, 11) is 0. The van der Waals surface area contributed by atoms with Crippen molar-refractivity contribution >= 4 is 11.8 Å². The Kier molecular flexibility index (Phi) is 4.74. The SMILES string of the molecule is O=C(Cc1ccn[nH]1)N1CCCC(NC2CCN(C3CCC3)C2=O)C1. The monoisotopic (exact) mass is 345 g/mol. The van der Waals surface area contributed by atoms with Crippen LogP contribution in [0, 0.1) is 0 Å². The Hall–Kier alpha value is -1.89. The van der Waals surface area contributed by atoms with E-state index in [2.05, 4.69) is 20.4 Å². The van der Waals surface area contributed by atoms with E-state index in [4.69, 9.17) is 0 Å². The molecule has 2 saturated heterocycles. The zero-order valence-electron chi connectivity index (χ0n) is 14.6. The average molecular weight is 345 g/mol. The lowest BCUT2D eigenvalue weighted by molar-refractivity contribution is -0.133. The molecule has 3 fully saturated rings. The van der Waals surface area contributed by atoms with Gasteiger partial charge in [-0.2, -0.15) is 5.10 Å². The van der Waals surface area contributed by atoms with Crippen LogP contribution < -0.4 is 5.32 Å². The maximum Gasteiger partial charge on any atom is 0.240 e. The summed E-state index contributed by atoms with van der Waals surface area (Å²) >= 11 is 0. The average Bonchev–Trinajstić information content (AvgIpc) is 3.19. The van der Waals surface area contributed by atoms with Crippen LogP contribution in [0.2, 0.25) is 0 Å². The third kappa shape index (κ3) is 3.56. The topological polar surface area (TPSA) is 81.3 Å². The number of hydrogen-bond acceptors (Lipinski definition) is 4. The molecule has 25 heavy (non-hydrogen) atoms. The van der Waals surface area contributed by atoms with Gasteiger partial charge in [-0.05, 0) is 44.6 Å². The fourth-order valence-electron chi connectivity index (χ4n) is 4.20. The van der Waals surface area contributed by atoms with Crippen molar-refractivity contribution in [3.63, 3.8) is 0 Å². The zero-order chi connectivity index (χ0) is 17.2. The van der Waals surface area contributed by atoms with Crippen LogP contribution in [-0.2, 0) is 16.0 Å². The molecule has 1 aliphatic carbocycles. The molecule has 0 bridgehead atoms. The van der Waals surface area contributed by atoms with Gasteiger partial charge in [0.15, 0.2) is 0 Å². The van der Waals surface area contributed by atoms with Crippen LogP contribution in [0.1, 0.15) is 44.2 Å². The summed E-state index contributed by atoms with van der Waals surface area (Å²) in [5.41, 5.74) is 0.849. The van der Waals surface area contributed by atoms with Crippen LogP contribution in [0.5, 0.6) is 0 Å². The third-order valence-electron chi connectivity index (χ3n) is 5.87. The normalized spacial score (nSPS) is 27.6. The van der Waals surface area contributed by atoms with Gasteiger partial charge in [-0.25, -0.2) is 0 Å². The predicted octanol–water partition coefficient (Wildman–Crippen LogP) is 0.686. The first-order valence-electron chi connectivity index (χ1n) is 9.53. The first-order chi connectivity index (χ1) is 12.2. The third-order valence-corrected chi connectivity index (χ3v) is 5.87. The highest BCUT2D eigenvalue weighted by atomic mass is 16.2. The Morgan fingerprint density at radius 1 is 1.24 bits per heavy atom. The van der Waals surface area contributed by atoms with Crippen LogP contribution in [0.25, 0.3) is 0 Å². The molecule has 2 N–H and O–H groups in total. The van der Waals surface area contributed by atoms with E-state index in [-0.39, 0.29) is 23.9 Å². The van der Waals surface area contributed by atoms with Gasteiger partial charge in [0.2, 0.25) is 11.8 Å². The highest BCUT2D eigenvalue weighted by Crippen LogP contribution is 2.29. The van der Waals surface area contributed by atoms with E-state index in [1.54, 1.807) is 6.20 Å². The van der Waals surface area contributed by atoms with Crippen LogP contribution >= 0.6 is 0 Å². The molecule has 2 unspecified atom stereocenters. The second kappa shape index (κ2) is 7.15. The predicted molar refractivity (Wildman–Crippen MR) is 92.8 cm³/mol. The molecule has 7 heteroatoms. The van der Waals surface area contributed by atoms with Gasteiger partial charge in [0.1, 0.15) is 0 Å². The molecule has 0 spiro atoms. The molecule has 7 nitrogen and oxygen atoms in total. The standard InChI is InChI=1S/C18H27N5O2/c24-17(11-13-6-8-19-21-13)22-9-2-3-14(12-22)20-16-7-10-23(18(16)25)15-4-1-5-15/h6,8,14-16,20H,1-5,7,9-12H2,(H,19,21). The van der Waals surface area contributed by atoms with Gasteiger partial charge >= 0.3 is 0 Å². The number of aromatic nitrogens is 2. The molecule has 2 aliphatic heterocycles. The molecular weight excluding hydrogens is 318 g/mol. The van der Waals surface area contributed by atoms with Crippen LogP contribution in [0.15, 0.2) is 12.3 Å². The molecule has 0 radical (unpaired) electrons.